The predicted octanol–water partition coefficient (Wildman–Crippen LogP) is 3.56. The Bertz CT molecular complexity index is 838. The lowest BCUT2D eigenvalue weighted by molar-refractivity contribution is -0.225. The van der Waals surface area contributed by atoms with Crippen LogP contribution >= 0.6 is 12.2 Å². The summed E-state index contributed by atoms with van der Waals surface area (Å²) in [7, 11) is 1.65. The van der Waals surface area contributed by atoms with Crippen molar-refractivity contribution < 1.29 is 9.57 Å². The molecule has 1 atom stereocenters. The second kappa shape index (κ2) is 5.62. The SMILES string of the molecule is COC12C(c3ccccc3)=NC(C)(C)N1OC(=S)N2c1ccccc1. The molecule has 1 fully saturated rings. The van der Waals surface area contributed by atoms with Crippen molar-refractivity contribution >= 4 is 28.8 Å². The van der Waals surface area contributed by atoms with E-state index in [2.05, 4.69) is 0 Å². The number of hydrogen-bond donors (Lipinski definition) is 0. The number of hydroxylamine groups is 2. The molecule has 1 saturated heterocycles. The number of rotatable bonds is 3. The number of anilines is 1. The summed E-state index contributed by atoms with van der Waals surface area (Å²) in [5, 5.41) is 2.07. The minimum absolute atomic E-state index is 0.337. The molecule has 6 heteroatoms. The van der Waals surface area contributed by atoms with Crippen molar-refractivity contribution in [3.8, 4) is 0 Å². The molecule has 2 aromatic carbocycles. The van der Waals surface area contributed by atoms with Crippen molar-refractivity contribution in [2.45, 2.75) is 25.4 Å². The van der Waals surface area contributed by atoms with Crippen LogP contribution in [0.4, 0.5) is 5.69 Å². The van der Waals surface area contributed by atoms with Crippen LogP contribution < -0.4 is 4.90 Å². The number of ether oxygens (including phenoxy) is 1. The van der Waals surface area contributed by atoms with E-state index in [-0.39, 0.29) is 0 Å². The molecule has 0 aliphatic carbocycles. The Hall–Kier alpha value is -2.28. The third-order valence-electron chi connectivity index (χ3n) is 4.47. The molecule has 0 N–H and O–H groups in total. The van der Waals surface area contributed by atoms with E-state index in [0.29, 0.717) is 5.17 Å². The molecule has 0 bridgehead atoms. The third-order valence-corrected chi connectivity index (χ3v) is 4.72. The Balaban J connectivity index is 1.95. The highest BCUT2D eigenvalue weighted by molar-refractivity contribution is 7.80. The van der Waals surface area contributed by atoms with Gasteiger partial charge in [-0.05, 0) is 38.2 Å². The summed E-state index contributed by atoms with van der Waals surface area (Å²) in [4.78, 5) is 12.8. The summed E-state index contributed by atoms with van der Waals surface area (Å²) < 4.78 is 6.07. The van der Waals surface area contributed by atoms with Gasteiger partial charge in [0.15, 0.2) is 0 Å². The zero-order chi connectivity index (χ0) is 17.7. The van der Waals surface area contributed by atoms with E-state index < -0.39 is 11.5 Å². The third kappa shape index (κ3) is 2.22. The van der Waals surface area contributed by atoms with Crippen molar-refractivity contribution in [3.05, 3.63) is 66.2 Å². The summed E-state index contributed by atoms with van der Waals surface area (Å²) in [5.41, 5.74) is 1.99. The van der Waals surface area contributed by atoms with E-state index in [9.17, 15) is 0 Å². The van der Waals surface area contributed by atoms with Gasteiger partial charge in [0.05, 0.1) is 0 Å². The maximum Gasteiger partial charge on any atom is 0.289 e. The Morgan fingerprint density at radius 2 is 1.60 bits per heavy atom. The monoisotopic (exact) mass is 353 g/mol. The first-order chi connectivity index (χ1) is 12.0. The molecule has 1 unspecified atom stereocenters. The molecular formula is C19H19N3O2S. The molecule has 2 aliphatic heterocycles. The van der Waals surface area contributed by atoms with E-state index in [1.54, 1.807) is 12.2 Å². The van der Waals surface area contributed by atoms with Gasteiger partial charge in [0.25, 0.3) is 11.0 Å². The zero-order valence-corrected chi connectivity index (χ0v) is 15.2. The minimum Gasteiger partial charge on any atom is -0.368 e. The van der Waals surface area contributed by atoms with Crippen LogP contribution in [0, 0.1) is 0 Å². The first kappa shape index (κ1) is 16.2. The van der Waals surface area contributed by atoms with Crippen LogP contribution in [-0.2, 0) is 9.57 Å². The molecule has 128 valence electrons. The Labute approximate surface area is 152 Å². The largest absolute Gasteiger partial charge is 0.368 e. The van der Waals surface area contributed by atoms with E-state index >= 15 is 0 Å². The van der Waals surface area contributed by atoms with E-state index in [1.807, 2.05) is 79.4 Å². The van der Waals surface area contributed by atoms with Crippen LogP contribution in [0.15, 0.2) is 65.7 Å². The number of aliphatic imine (C=N–C) groups is 1. The van der Waals surface area contributed by atoms with Gasteiger partial charge in [-0.25, -0.2) is 0 Å². The van der Waals surface area contributed by atoms with Gasteiger partial charge in [0.1, 0.15) is 11.4 Å². The molecule has 0 radical (unpaired) electrons. The molecular weight excluding hydrogens is 334 g/mol. The minimum atomic E-state index is -1.05. The maximum atomic E-state index is 6.07. The van der Waals surface area contributed by atoms with E-state index in [0.717, 1.165) is 17.0 Å². The lowest BCUT2D eigenvalue weighted by atomic mass is 10.0. The van der Waals surface area contributed by atoms with Gasteiger partial charge < -0.3 is 9.57 Å². The van der Waals surface area contributed by atoms with E-state index in [1.165, 1.54) is 0 Å². The molecule has 2 aromatic rings. The second-order valence-electron chi connectivity index (χ2n) is 6.46. The number of benzene rings is 2. The highest BCUT2D eigenvalue weighted by Crippen LogP contribution is 2.47. The number of fused-ring (bicyclic) bond motifs is 1. The van der Waals surface area contributed by atoms with Crippen molar-refractivity contribution in [3.63, 3.8) is 0 Å². The molecule has 5 nitrogen and oxygen atoms in total. The lowest BCUT2D eigenvalue weighted by Gasteiger charge is -2.37. The first-order valence-electron chi connectivity index (χ1n) is 8.09. The standard InChI is InChI=1S/C19H19N3O2S/c1-18(2)20-16(14-10-6-4-7-11-14)19(23-3)21(17(25)24-22(18)19)15-12-8-5-9-13-15/h4-13H,1-3H3. The van der Waals surface area contributed by atoms with Crippen molar-refractivity contribution in [1.82, 2.24) is 5.06 Å². The molecule has 0 saturated carbocycles. The predicted molar refractivity (Wildman–Crippen MR) is 101 cm³/mol. The zero-order valence-electron chi connectivity index (χ0n) is 14.3. The number of methoxy groups -OCH3 is 1. The molecule has 2 aliphatic rings. The molecule has 25 heavy (non-hydrogen) atoms. The van der Waals surface area contributed by atoms with Crippen molar-refractivity contribution in [2.75, 3.05) is 12.0 Å². The van der Waals surface area contributed by atoms with Crippen LogP contribution in [-0.4, -0.2) is 34.6 Å². The fraction of sp³-hybridized carbons (Fsp3) is 0.263. The Morgan fingerprint density at radius 1 is 1.00 bits per heavy atom. The van der Waals surface area contributed by atoms with Gasteiger partial charge in [-0.15, -0.1) is 0 Å². The molecule has 4 rings (SSSR count). The van der Waals surface area contributed by atoms with Crippen LogP contribution in [0.1, 0.15) is 19.4 Å². The Kier molecular flexibility index (Phi) is 3.64. The van der Waals surface area contributed by atoms with Gasteiger partial charge >= 0.3 is 0 Å². The fourth-order valence-corrected chi connectivity index (χ4v) is 3.75. The number of nitrogens with zero attached hydrogens (tertiary/aromatic N) is 3. The molecule has 0 aromatic heterocycles. The molecule has 0 spiro atoms. The van der Waals surface area contributed by atoms with Crippen LogP contribution in [0.3, 0.4) is 0 Å². The summed E-state index contributed by atoms with van der Waals surface area (Å²) in [6, 6.07) is 19.8. The first-order valence-corrected chi connectivity index (χ1v) is 8.50. The summed E-state index contributed by atoms with van der Waals surface area (Å²) in [6.45, 7) is 3.96. The highest BCUT2D eigenvalue weighted by atomic mass is 32.1. The summed E-state index contributed by atoms with van der Waals surface area (Å²) in [5.74, 6) is -1.05. The van der Waals surface area contributed by atoms with Crippen LogP contribution in [0.25, 0.3) is 0 Å². The molecule has 0 amide bonds. The smallest absolute Gasteiger partial charge is 0.289 e. The van der Waals surface area contributed by atoms with Gasteiger partial charge in [0.2, 0.25) is 0 Å². The molecule has 2 heterocycles. The average molecular weight is 353 g/mol. The van der Waals surface area contributed by atoms with Gasteiger partial charge in [-0.3, -0.25) is 9.89 Å². The summed E-state index contributed by atoms with van der Waals surface area (Å²) in [6.07, 6.45) is 0. The summed E-state index contributed by atoms with van der Waals surface area (Å²) >= 11 is 5.55. The normalized spacial score (nSPS) is 24.8. The topological polar surface area (TPSA) is 37.3 Å². The Morgan fingerprint density at radius 3 is 2.20 bits per heavy atom. The lowest BCUT2D eigenvalue weighted by Crippen LogP contribution is -2.61. The fourth-order valence-electron chi connectivity index (χ4n) is 3.45. The van der Waals surface area contributed by atoms with Gasteiger partial charge in [-0.1, -0.05) is 53.6 Å². The number of para-hydroxylation sites is 1. The van der Waals surface area contributed by atoms with E-state index in [4.69, 9.17) is 26.8 Å². The van der Waals surface area contributed by atoms with Crippen molar-refractivity contribution in [2.24, 2.45) is 4.99 Å². The number of hydrogen-bond acceptors (Lipinski definition) is 5. The highest BCUT2D eigenvalue weighted by Gasteiger charge is 2.66. The van der Waals surface area contributed by atoms with Gasteiger partial charge in [0, 0.05) is 18.4 Å². The second-order valence-corrected chi connectivity index (χ2v) is 6.81. The van der Waals surface area contributed by atoms with Crippen LogP contribution in [0.5, 0.6) is 0 Å². The van der Waals surface area contributed by atoms with Crippen LogP contribution in [0.2, 0.25) is 0 Å². The van der Waals surface area contributed by atoms with Crippen molar-refractivity contribution in [1.29, 1.82) is 0 Å². The van der Waals surface area contributed by atoms with Gasteiger partial charge in [-0.2, -0.15) is 0 Å². The quantitative estimate of drug-likeness (QED) is 0.789. The average Bonchev–Trinajstić information content (AvgIpc) is 3.06. The number of thiocarbonyl (C=S) groups is 1. The maximum absolute atomic E-state index is 6.07.